The monoisotopic (exact) mass is 275 g/mol. The molecular formula is C13H19F2NO3. The highest BCUT2D eigenvalue weighted by molar-refractivity contribution is 5.22. The highest BCUT2D eigenvalue weighted by Gasteiger charge is 2.17. The number of aliphatic hydroxyl groups is 1. The lowest BCUT2D eigenvalue weighted by Gasteiger charge is -2.17. The molecule has 0 aliphatic carbocycles. The Labute approximate surface area is 111 Å². The van der Waals surface area contributed by atoms with Crippen LogP contribution in [0.4, 0.5) is 8.78 Å². The number of methoxy groups -OCH3 is 2. The molecule has 0 aliphatic rings. The number of halogens is 2. The minimum absolute atomic E-state index is 0.0292. The van der Waals surface area contributed by atoms with Gasteiger partial charge in [0.25, 0.3) is 0 Å². The highest BCUT2D eigenvalue weighted by atomic mass is 19.1. The molecule has 0 fully saturated rings. The molecule has 1 aromatic carbocycles. The lowest BCUT2D eigenvalue weighted by atomic mass is 10.1. The minimum atomic E-state index is -1.25. The van der Waals surface area contributed by atoms with Crippen LogP contribution in [-0.2, 0) is 9.47 Å². The van der Waals surface area contributed by atoms with Gasteiger partial charge in [-0.2, -0.15) is 0 Å². The van der Waals surface area contributed by atoms with Gasteiger partial charge in [-0.25, -0.2) is 8.78 Å². The first kappa shape index (κ1) is 16.0. The van der Waals surface area contributed by atoms with Crippen LogP contribution in [-0.4, -0.2) is 45.1 Å². The van der Waals surface area contributed by atoms with E-state index in [2.05, 4.69) is 5.32 Å². The van der Waals surface area contributed by atoms with Crippen molar-refractivity contribution in [2.75, 3.05) is 33.9 Å². The Morgan fingerprint density at radius 1 is 1.21 bits per heavy atom. The molecule has 2 N–H and O–H groups in total. The molecule has 0 radical (unpaired) electrons. The SMILES string of the molecule is COCC(CNCC(O)c1c(F)cccc1F)OC. The van der Waals surface area contributed by atoms with Crippen LogP contribution in [0, 0.1) is 11.6 Å². The molecule has 19 heavy (non-hydrogen) atoms. The minimum Gasteiger partial charge on any atom is -0.387 e. The fourth-order valence-electron chi connectivity index (χ4n) is 1.71. The van der Waals surface area contributed by atoms with Crippen molar-refractivity contribution < 1.29 is 23.4 Å². The van der Waals surface area contributed by atoms with Crippen molar-refractivity contribution in [2.24, 2.45) is 0 Å². The summed E-state index contributed by atoms with van der Waals surface area (Å²) in [7, 11) is 3.09. The van der Waals surface area contributed by atoms with E-state index in [1.165, 1.54) is 6.07 Å². The van der Waals surface area contributed by atoms with Crippen LogP contribution in [0.1, 0.15) is 11.7 Å². The summed E-state index contributed by atoms with van der Waals surface area (Å²) in [5.41, 5.74) is -0.323. The van der Waals surface area contributed by atoms with Gasteiger partial charge < -0.3 is 19.9 Å². The maximum atomic E-state index is 13.4. The van der Waals surface area contributed by atoms with Gasteiger partial charge in [-0.1, -0.05) is 6.07 Å². The summed E-state index contributed by atoms with van der Waals surface area (Å²) in [5.74, 6) is -1.51. The van der Waals surface area contributed by atoms with E-state index in [4.69, 9.17) is 9.47 Å². The van der Waals surface area contributed by atoms with Crippen molar-refractivity contribution in [1.29, 1.82) is 0 Å². The van der Waals surface area contributed by atoms with Gasteiger partial charge in [0.05, 0.1) is 24.4 Å². The van der Waals surface area contributed by atoms with E-state index in [0.29, 0.717) is 13.2 Å². The first-order chi connectivity index (χ1) is 9.10. The molecule has 108 valence electrons. The number of aliphatic hydroxyl groups excluding tert-OH is 1. The van der Waals surface area contributed by atoms with Crippen molar-refractivity contribution in [1.82, 2.24) is 5.32 Å². The third-order valence-electron chi connectivity index (χ3n) is 2.73. The largest absolute Gasteiger partial charge is 0.387 e. The van der Waals surface area contributed by atoms with Crippen molar-refractivity contribution >= 4 is 0 Å². The molecule has 0 aromatic heterocycles. The van der Waals surface area contributed by atoms with Crippen LogP contribution in [0.25, 0.3) is 0 Å². The molecule has 0 heterocycles. The quantitative estimate of drug-likeness (QED) is 0.749. The van der Waals surface area contributed by atoms with E-state index < -0.39 is 17.7 Å². The van der Waals surface area contributed by atoms with E-state index in [-0.39, 0.29) is 18.2 Å². The van der Waals surface area contributed by atoms with E-state index >= 15 is 0 Å². The van der Waals surface area contributed by atoms with Gasteiger partial charge in [-0.3, -0.25) is 0 Å². The number of nitrogens with one attached hydrogen (secondary N) is 1. The highest BCUT2D eigenvalue weighted by Crippen LogP contribution is 2.19. The average Bonchev–Trinajstić information content (AvgIpc) is 2.37. The van der Waals surface area contributed by atoms with Crippen LogP contribution < -0.4 is 5.32 Å². The maximum Gasteiger partial charge on any atom is 0.131 e. The second kappa shape index (κ2) is 8.16. The zero-order valence-electron chi connectivity index (χ0n) is 11.0. The lowest BCUT2D eigenvalue weighted by Crippen LogP contribution is -2.34. The Bertz CT molecular complexity index is 370. The average molecular weight is 275 g/mol. The van der Waals surface area contributed by atoms with E-state index in [9.17, 15) is 13.9 Å². The molecular weight excluding hydrogens is 256 g/mol. The van der Waals surface area contributed by atoms with Gasteiger partial charge in [0, 0.05) is 27.3 Å². The first-order valence-corrected chi connectivity index (χ1v) is 5.94. The van der Waals surface area contributed by atoms with Crippen LogP contribution in [0.2, 0.25) is 0 Å². The van der Waals surface area contributed by atoms with Crippen LogP contribution in [0.15, 0.2) is 18.2 Å². The van der Waals surface area contributed by atoms with Crippen LogP contribution in [0.5, 0.6) is 0 Å². The van der Waals surface area contributed by atoms with E-state index in [1.54, 1.807) is 14.2 Å². The Balaban J connectivity index is 2.49. The lowest BCUT2D eigenvalue weighted by molar-refractivity contribution is 0.0269. The van der Waals surface area contributed by atoms with Crippen LogP contribution in [0.3, 0.4) is 0 Å². The van der Waals surface area contributed by atoms with Gasteiger partial charge in [-0.15, -0.1) is 0 Å². The number of hydrogen-bond donors (Lipinski definition) is 2. The molecule has 0 saturated heterocycles. The third-order valence-corrected chi connectivity index (χ3v) is 2.73. The number of ether oxygens (including phenoxy) is 2. The Morgan fingerprint density at radius 3 is 2.37 bits per heavy atom. The molecule has 1 rings (SSSR count). The summed E-state index contributed by atoms with van der Waals surface area (Å²) in [6.45, 7) is 0.840. The van der Waals surface area contributed by atoms with E-state index in [1.807, 2.05) is 0 Å². The summed E-state index contributed by atoms with van der Waals surface area (Å²) in [4.78, 5) is 0. The zero-order valence-corrected chi connectivity index (χ0v) is 11.0. The third kappa shape index (κ3) is 4.83. The van der Waals surface area contributed by atoms with Gasteiger partial charge in [0.15, 0.2) is 0 Å². The van der Waals surface area contributed by atoms with Crippen LogP contribution >= 0.6 is 0 Å². The molecule has 0 bridgehead atoms. The Morgan fingerprint density at radius 2 is 1.84 bits per heavy atom. The van der Waals surface area contributed by atoms with Crippen molar-refractivity contribution in [3.05, 3.63) is 35.4 Å². The molecule has 0 spiro atoms. The predicted molar refractivity (Wildman–Crippen MR) is 66.9 cm³/mol. The van der Waals surface area contributed by atoms with Gasteiger partial charge in [0.1, 0.15) is 11.6 Å². The van der Waals surface area contributed by atoms with Crippen molar-refractivity contribution in [3.8, 4) is 0 Å². The summed E-state index contributed by atoms with van der Waals surface area (Å²) in [5, 5.41) is 12.7. The molecule has 0 amide bonds. The second-order valence-electron chi connectivity index (χ2n) is 4.12. The fraction of sp³-hybridized carbons (Fsp3) is 0.538. The van der Waals surface area contributed by atoms with E-state index in [0.717, 1.165) is 12.1 Å². The summed E-state index contributed by atoms with van der Waals surface area (Å²) >= 11 is 0. The Hall–Kier alpha value is -1.08. The summed E-state index contributed by atoms with van der Waals surface area (Å²) in [6, 6.07) is 3.49. The molecule has 0 aliphatic heterocycles. The number of rotatable bonds is 8. The molecule has 6 heteroatoms. The maximum absolute atomic E-state index is 13.4. The van der Waals surface area contributed by atoms with Crippen molar-refractivity contribution in [2.45, 2.75) is 12.2 Å². The number of benzene rings is 1. The summed E-state index contributed by atoms with van der Waals surface area (Å²) < 4.78 is 36.8. The predicted octanol–water partition coefficient (Wildman–Crippen LogP) is 1.25. The van der Waals surface area contributed by atoms with Gasteiger partial charge >= 0.3 is 0 Å². The molecule has 0 saturated carbocycles. The standard InChI is InChI=1S/C13H19F2NO3/c1-18-8-9(19-2)6-16-7-12(17)13-10(14)4-3-5-11(13)15/h3-5,9,12,16-17H,6-8H2,1-2H3. The fourth-order valence-corrected chi connectivity index (χ4v) is 1.71. The zero-order chi connectivity index (χ0) is 14.3. The first-order valence-electron chi connectivity index (χ1n) is 5.94. The summed E-state index contributed by atoms with van der Waals surface area (Å²) in [6.07, 6.45) is -1.43. The second-order valence-corrected chi connectivity index (χ2v) is 4.12. The molecule has 2 unspecified atom stereocenters. The van der Waals surface area contributed by atoms with Crippen molar-refractivity contribution in [3.63, 3.8) is 0 Å². The normalized spacial score (nSPS) is 14.4. The molecule has 4 nitrogen and oxygen atoms in total. The van der Waals surface area contributed by atoms with Gasteiger partial charge in [0.2, 0.25) is 0 Å². The number of hydrogen-bond acceptors (Lipinski definition) is 4. The molecule has 1 aromatic rings. The topological polar surface area (TPSA) is 50.7 Å². The Kier molecular flexibility index (Phi) is 6.86. The smallest absolute Gasteiger partial charge is 0.131 e. The van der Waals surface area contributed by atoms with Gasteiger partial charge in [-0.05, 0) is 12.1 Å². The molecule has 2 atom stereocenters.